The predicted octanol–water partition coefficient (Wildman–Crippen LogP) is 5.78. The highest BCUT2D eigenvalue weighted by Crippen LogP contribution is 2.67. The molecule has 4 fully saturated rings. The van der Waals surface area contributed by atoms with Crippen LogP contribution in [0.5, 0.6) is 0 Å². The maximum Gasteiger partial charge on any atom is 0.0739 e. The molecule has 0 radical (unpaired) electrons. The zero-order valence-electron chi connectivity index (χ0n) is 14.6. The normalized spacial score (nSPS) is 35.7. The molecular formula is C24H25N. The second-order valence-corrected chi connectivity index (χ2v) is 8.60. The van der Waals surface area contributed by atoms with Crippen molar-refractivity contribution in [1.82, 2.24) is 0 Å². The molecule has 2 aromatic rings. The van der Waals surface area contributed by atoms with Gasteiger partial charge in [-0.3, -0.25) is 0 Å². The van der Waals surface area contributed by atoms with Crippen LogP contribution in [-0.2, 0) is 0 Å². The fourth-order valence-electron chi connectivity index (χ4n) is 6.72. The molecule has 4 aliphatic rings. The molecule has 0 aromatic heterocycles. The minimum atomic E-state index is -0.226. The van der Waals surface area contributed by atoms with E-state index in [1.807, 2.05) is 0 Å². The molecule has 4 bridgehead atoms. The monoisotopic (exact) mass is 327 g/mol. The third-order valence-corrected chi connectivity index (χ3v) is 7.43. The fourth-order valence-corrected chi connectivity index (χ4v) is 6.72. The maximum atomic E-state index is 10.6. The quantitative estimate of drug-likeness (QED) is 0.700. The van der Waals surface area contributed by atoms with Crippen molar-refractivity contribution in [2.45, 2.75) is 38.0 Å². The third-order valence-electron chi connectivity index (χ3n) is 7.43. The summed E-state index contributed by atoms with van der Waals surface area (Å²) in [6.45, 7) is 0. The summed E-state index contributed by atoms with van der Waals surface area (Å²) in [7, 11) is 0. The van der Waals surface area contributed by atoms with Crippen LogP contribution in [0.3, 0.4) is 0 Å². The molecule has 25 heavy (non-hydrogen) atoms. The molecule has 0 unspecified atom stereocenters. The van der Waals surface area contributed by atoms with E-state index in [4.69, 9.17) is 0 Å². The van der Waals surface area contributed by atoms with Crippen molar-refractivity contribution in [2.24, 2.45) is 29.1 Å². The highest BCUT2D eigenvalue weighted by atomic mass is 14.6. The van der Waals surface area contributed by atoms with Gasteiger partial charge in [0.25, 0.3) is 0 Å². The van der Waals surface area contributed by atoms with Gasteiger partial charge in [-0.1, -0.05) is 60.7 Å². The van der Waals surface area contributed by atoms with Gasteiger partial charge in [0.1, 0.15) is 0 Å². The number of hydrogen-bond acceptors (Lipinski definition) is 1. The van der Waals surface area contributed by atoms with Gasteiger partial charge in [0.05, 0.1) is 11.5 Å². The largest absolute Gasteiger partial charge is 0.198 e. The smallest absolute Gasteiger partial charge is 0.0739 e. The fraction of sp³-hybridized carbons (Fsp3) is 0.458. The van der Waals surface area contributed by atoms with E-state index in [1.165, 1.54) is 43.2 Å². The summed E-state index contributed by atoms with van der Waals surface area (Å²) < 4.78 is 0. The number of hydrogen-bond donors (Lipinski definition) is 0. The van der Waals surface area contributed by atoms with E-state index in [0.717, 1.165) is 11.8 Å². The molecule has 1 heteroatoms. The molecule has 0 saturated heterocycles. The molecule has 1 nitrogen and oxygen atoms in total. The SMILES string of the molecule is N#CC1(C(c2ccccc2)c2ccccc2)C2CC3CC(C2)CC1C3. The summed E-state index contributed by atoms with van der Waals surface area (Å²) in [5, 5.41) is 10.6. The molecule has 6 rings (SSSR count). The first-order valence-electron chi connectivity index (χ1n) is 9.82. The van der Waals surface area contributed by atoms with E-state index in [0.29, 0.717) is 11.8 Å². The predicted molar refractivity (Wildman–Crippen MR) is 99.8 cm³/mol. The lowest BCUT2D eigenvalue weighted by Crippen LogP contribution is -2.55. The lowest BCUT2D eigenvalue weighted by Gasteiger charge is -2.61. The summed E-state index contributed by atoms with van der Waals surface area (Å²) in [6.07, 6.45) is 6.52. The van der Waals surface area contributed by atoms with Crippen molar-refractivity contribution in [3.8, 4) is 6.07 Å². The molecular weight excluding hydrogens is 302 g/mol. The van der Waals surface area contributed by atoms with Crippen LogP contribution in [0.2, 0.25) is 0 Å². The van der Waals surface area contributed by atoms with Crippen molar-refractivity contribution in [1.29, 1.82) is 5.26 Å². The van der Waals surface area contributed by atoms with Gasteiger partial charge >= 0.3 is 0 Å². The van der Waals surface area contributed by atoms with Crippen LogP contribution >= 0.6 is 0 Å². The molecule has 2 aromatic carbocycles. The van der Waals surface area contributed by atoms with Gasteiger partial charge in [0.2, 0.25) is 0 Å². The number of nitriles is 1. The van der Waals surface area contributed by atoms with Crippen LogP contribution in [0.15, 0.2) is 60.7 Å². The van der Waals surface area contributed by atoms with Gasteiger partial charge in [0.15, 0.2) is 0 Å². The van der Waals surface area contributed by atoms with Gasteiger partial charge in [-0.25, -0.2) is 0 Å². The number of rotatable bonds is 3. The second kappa shape index (κ2) is 5.73. The van der Waals surface area contributed by atoms with Crippen molar-refractivity contribution < 1.29 is 0 Å². The van der Waals surface area contributed by atoms with Crippen LogP contribution in [0.1, 0.15) is 49.1 Å². The van der Waals surface area contributed by atoms with Crippen molar-refractivity contribution in [2.75, 3.05) is 0 Å². The Morgan fingerprint density at radius 2 is 1.16 bits per heavy atom. The Kier molecular flexibility index (Phi) is 3.49. The first-order valence-corrected chi connectivity index (χ1v) is 9.82. The molecule has 0 atom stereocenters. The van der Waals surface area contributed by atoms with E-state index in [-0.39, 0.29) is 11.3 Å². The average Bonchev–Trinajstić information content (AvgIpc) is 2.66. The molecule has 126 valence electrons. The average molecular weight is 327 g/mol. The first-order chi connectivity index (χ1) is 12.3. The van der Waals surface area contributed by atoms with Gasteiger partial charge in [-0.15, -0.1) is 0 Å². The summed E-state index contributed by atoms with van der Waals surface area (Å²) >= 11 is 0. The summed E-state index contributed by atoms with van der Waals surface area (Å²) in [6, 6.07) is 24.6. The van der Waals surface area contributed by atoms with Crippen LogP contribution in [0, 0.1) is 40.4 Å². The molecule has 0 amide bonds. The Bertz CT molecular complexity index is 718. The van der Waals surface area contributed by atoms with E-state index < -0.39 is 0 Å². The summed E-state index contributed by atoms with van der Waals surface area (Å²) in [5.74, 6) is 3.11. The minimum Gasteiger partial charge on any atom is -0.198 e. The topological polar surface area (TPSA) is 23.8 Å². The highest BCUT2D eigenvalue weighted by molar-refractivity contribution is 5.40. The molecule has 0 aliphatic heterocycles. The summed E-state index contributed by atoms with van der Waals surface area (Å²) in [5.41, 5.74) is 2.42. The van der Waals surface area contributed by atoms with E-state index in [2.05, 4.69) is 66.7 Å². The van der Waals surface area contributed by atoms with Crippen LogP contribution in [0.4, 0.5) is 0 Å². The number of benzene rings is 2. The van der Waals surface area contributed by atoms with Crippen molar-refractivity contribution >= 4 is 0 Å². The Labute approximate surface area is 150 Å². The molecule has 4 aliphatic carbocycles. The van der Waals surface area contributed by atoms with Gasteiger partial charge < -0.3 is 0 Å². The molecule has 0 N–H and O–H groups in total. The maximum absolute atomic E-state index is 10.6. The lowest BCUT2D eigenvalue weighted by molar-refractivity contribution is -0.0843. The van der Waals surface area contributed by atoms with Crippen LogP contribution in [-0.4, -0.2) is 0 Å². The van der Waals surface area contributed by atoms with Crippen LogP contribution in [0.25, 0.3) is 0 Å². The lowest BCUT2D eigenvalue weighted by atomic mass is 9.41. The zero-order chi connectivity index (χ0) is 16.9. The zero-order valence-corrected chi connectivity index (χ0v) is 14.6. The van der Waals surface area contributed by atoms with Gasteiger partial charge in [0, 0.05) is 5.92 Å². The third kappa shape index (κ3) is 2.20. The first kappa shape index (κ1) is 15.2. The molecule has 0 spiro atoms. The Morgan fingerprint density at radius 3 is 1.56 bits per heavy atom. The molecule has 4 saturated carbocycles. The van der Waals surface area contributed by atoms with E-state index >= 15 is 0 Å². The van der Waals surface area contributed by atoms with E-state index in [1.54, 1.807) is 0 Å². The summed E-state index contributed by atoms with van der Waals surface area (Å²) in [4.78, 5) is 0. The van der Waals surface area contributed by atoms with Crippen molar-refractivity contribution in [3.05, 3.63) is 71.8 Å². The second-order valence-electron chi connectivity index (χ2n) is 8.60. The molecule has 0 heterocycles. The highest BCUT2D eigenvalue weighted by Gasteiger charge is 2.61. The van der Waals surface area contributed by atoms with Gasteiger partial charge in [-0.2, -0.15) is 5.26 Å². The van der Waals surface area contributed by atoms with Gasteiger partial charge in [-0.05, 0) is 66.9 Å². The van der Waals surface area contributed by atoms with E-state index in [9.17, 15) is 5.26 Å². The Balaban J connectivity index is 1.69. The number of nitrogens with zero attached hydrogens (tertiary/aromatic N) is 1. The Morgan fingerprint density at radius 1 is 0.720 bits per heavy atom. The van der Waals surface area contributed by atoms with Crippen LogP contribution < -0.4 is 0 Å². The Hall–Kier alpha value is -2.07. The van der Waals surface area contributed by atoms with Crippen molar-refractivity contribution in [3.63, 3.8) is 0 Å². The standard InChI is InChI=1S/C24H25N/c25-16-24(21-12-17-11-18(14-21)15-22(24)13-17)23(19-7-3-1-4-8-19)20-9-5-2-6-10-20/h1-10,17-18,21-23H,11-15H2. The minimum absolute atomic E-state index is 0.204.